The Balaban J connectivity index is 2.09. The maximum atomic E-state index is 10.1. The molecule has 0 aliphatic carbocycles. The monoisotopic (exact) mass is 312 g/mol. The lowest BCUT2D eigenvalue weighted by Crippen LogP contribution is -2.33. The van der Waals surface area contributed by atoms with Crippen LogP contribution in [-0.4, -0.2) is 59.8 Å². The smallest absolute Gasteiger partial charge is 0.165 e. The average molecular weight is 312 g/mol. The molecule has 114 valence electrons. The predicted octanol–water partition coefficient (Wildman–Crippen LogP) is -0.337. The number of hydrogen-bond donors (Lipinski definition) is 4. The largest absolute Gasteiger partial charge is 0.394 e. The Labute approximate surface area is 125 Å². The molecule has 1 aliphatic rings. The molecule has 4 atom stereocenters. The number of aliphatic hydroxyl groups is 3. The molecule has 3 rings (SSSR count). The Kier molecular flexibility index (Phi) is 3.76. The average Bonchev–Trinajstić information content (AvgIpc) is 3.02. The van der Waals surface area contributed by atoms with E-state index in [1.165, 1.54) is 6.33 Å². The Bertz CT molecular complexity index is 715. The van der Waals surface area contributed by atoms with Gasteiger partial charge in [-0.1, -0.05) is 19.1 Å². The highest BCUT2D eigenvalue weighted by atomic mass is 32.1. The van der Waals surface area contributed by atoms with Crippen molar-refractivity contribution < 1.29 is 20.1 Å². The highest BCUT2D eigenvalue weighted by Crippen LogP contribution is 2.31. The van der Waals surface area contributed by atoms with E-state index in [-0.39, 0.29) is 6.61 Å². The molecule has 0 aromatic carbocycles. The van der Waals surface area contributed by atoms with E-state index in [9.17, 15) is 10.2 Å². The summed E-state index contributed by atoms with van der Waals surface area (Å²) in [5.41, 5.74) is 1.07. The normalized spacial score (nSPS) is 29.3. The fourth-order valence-corrected chi connectivity index (χ4v) is 2.71. The minimum Gasteiger partial charge on any atom is -0.394 e. The van der Waals surface area contributed by atoms with E-state index in [2.05, 4.69) is 15.0 Å². The lowest BCUT2D eigenvalue weighted by Gasteiger charge is -2.17. The third kappa shape index (κ3) is 2.27. The molecular weight excluding hydrogens is 296 g/mol. The van der Waals surface area contributed by atoms with Gasteiger partial charge in [0.2, 0.25) is 0 Å². The van der Waals surface area contributed by atoms with E-state index in [0.717, 1.165) is 0 Å². The van der Waals surface area contributed by atoms with Crippen LogP contribution in [0.15, 0.2) is 6.33 Å². The minimum atomic E-state index is -1.17. The molecule has 3 heterocycles. The molecule has 0 saturated carbocycles. The highest BCUT2D eigenvalue weighted by Gasteiger charge is 2.43. The van der Waals surface area contributed by atoms with Crippen LogP contribution < -0.4 is 0 Å². The van der Waals surface area contributed by atoms with Crippen LogP contribution >= 0.6 is 12.2 Å². The Morgan fingerprint density at radius 3 is 2.81 bits per heavy atom. The molecule has 0 radical (unpaired) electrons. The minimum absolute atomic E-state index is 0.367. The van der Waals surface area contributed by atoms with Crippen molar-refractivity contribution in [2.75, 3.05) is 6.61 Å². The zero-order valence-corrected chi connectivity index (χ0v) is 12.1. The molecule has 9 heteroatoms. The van der Waals surface area contributed by atoms with Gasteiger partial charge in [-0.2, -0.15) is 0 Å². The summed E-state index contributed by atoms with van der Waals surface area (Å²) in [6, 6.07) is 0. The van der Waals surface area contributed by atoms with Crippen LogP contribution in [0.4, 0.5) is 0 Å². The summed E-state index contributed by atoms with van der Waals surface area (Å²) in [6.07, 6.45) is -1.87. The molecule has 1 fully saturated rings. The Hall–Kier alpha value is -1.39. The fraction of sp³-hybridized carbons (Fsp3) is 0.583. The van der Waals surface area contributed by atoms with E-state index in [4.69, 9.17) is 22.1 Å². The second-order valence-corrected chi connectivity index (χ2v) is 5.31. The highest BCUT2D eigenvalue weighted by molar-refractivity contribution is 7.71. The summed E-state index contributed by atoms with van der Waals surface area (Å²) >= 11 is 5.19. The third-order valence-corrected chi connectivity index (χ3v) is 3.91. The van der Waals surface area contributed by atoms with Crippen molar-refractivity contribution in [2.45, 2.75) is 37.9 Å². The van der Waals surface area contributed by atoms with Crippen LogP contribution in [-0.2, 0) is 11.2 Å². The molecule has 0 unspecified atom stereocenters. The third-order valence-electron chi connectivity index (χ3n) is 3.62. The van der Waals surface area contributed by atoms with Gasteiger partial charge in [0.15, 0.2) is 10.9 Å². The zero-order valence-electron chi connectivity index (χ0n) is 11.3. The van der Waals surface area contributed by atoms with E-state index in [0.29, 0.717) is 28.0 Å². The molecule has 8 nitrogen and oxygen atoms in total. The molecular formula is C12H16N4O4S. The maximum absolute atomic E-state index is 10.1. The van der Waals surface area contributed by atoms with Crippen molar-refractivity contribution in [1.82, 2.24) is 19.5 Å². The number of rotatable bonds is 3. The quantitative estimate of drug-likeness (QED) is 0.573. The van der Waals surface area contributed by atoms with Crippen molar-refractivity contribution in [3.05, 3.63) is 16.8 Å². The van der Waals surface area contributed by atoms with Crippen molar-refractivity contribution in [2.24, 2.45) is 0 Å². The molecule has 2 aromatic rings. The Morgan fingerprint density at radius 2 is 2.19 bits per heavy atom. The molecule has 1 saturated heterocycles. The first-order chi connectivity index (χ1) is 10.1. The summed E-state index contributed by atoms with van der Waals surface area (Å²) in [4.78, 5) is 11.5. The molecule has 1 aliphatic heterocycles. The lowest BCUT2D eigenvalue weighted by atomic mass is 10.1. The van der Waals surface area contributed by atoms with Gasteiger partial charge in [-0.15, -0.1) is 0 Å². The van der Waals surface area contributed by atoms with E-state index in [1.807, 2.05) is 6.92 Å². The topological polar surface area (TPSA) is 116 Å². The number of aryl methyl sites for hydroxylation is 1. The van der Waals surface area contributed by atoms with Gasteiger partial charge in [0, 0.05) is 6.42 Å². The number of hydrogen-bond acceptors (Lipinski definition) is 7. The van der Waals surface area contributed by atoms with Gasteiger partial charge in [-0.05, 0) is 0 Å². The number of nitrogens with zero attached hydrogens (tertiary/aromatic N) is 3. The number of nitrogens with one attached hydrogen (secondary N) is 1. The number of aromatic amines is 1. The number of ether oxygens (including phenoxy) is 1. The van der Waals surface area contributed by atoms with Gasteiger partial charge >= 0.3 is 0 Å². The summed E-state index contributed by atoms with van der Waals surface area (Å²) in [7, 11) is 0. The molecule has 2 aromatic heterocycles. The van der Waals surface area contributed by atoms with Crippen LogP contribution in [0.3, 0.4) is 0 Å². The number of aromatic nitrogens is 4. The first-order valence-corrected chi connectivity index (χ1v) is 7.05. The Morgan fingerprint density at radius 1 is 1.43 bits per heavy atom. The summed E-state index contributed by atoms with van der Waals surface area (Å²) in [6.45, 7) is 1.56. The molecule has 21 heavy (non-hydrogen) atoms. The second-order valence-electron chi connectivity index (χ2n) is 4.92. The number of H-pyrrole nitrogens is 1. The van der Waals surface area contributed by atoms with Gasteiger partial charge in [0.1, 0.15) is 35.3 Å². The van der Waals surface area contributed by atoms with Gasteiger partial charge in [-0.25, -0.2) is 9.97 Å². The molecule has 0 bridgehead atoms. The van der Waals surface area contributed by atoms with E-state index in [1.54, 1.807) is 4.57 Å². The summed E-state index contributed by atoms with van der Waals surface area (Å²) in [5, 5.41) is 29.1. The summed E-state index contributed by atoms with van der Waals surface area (Å²) < 4.78 is 7.43. The van der Waals surface area contributed by atoms with E-state index < -0.39 is 24.5 Å². The van der Waals surface area contributed by atoms with Crippen LogP contribution in [0.25, 0.3) is 11.2 Å². The molecule has 4 N–H and O–H groups in total. The van der Waals surface area contributed by atoms with Crippen molar-refractivity contribution >= 4 is 23.4 Å². The first kappa shape index (κ1) is 14.5. The van der Waals surface area contributed by atoms with Crippen LogP contribution in [0, 0.1) is 4.64 Å². The van der Waals surface area contributed by atoms with Gasteiger partial charge in [0.05, 0.1) is 12.9 Å². The predicted molar refractivity (Wildman–Crippen MR) is 75.1 cm³/mol. The van der Waals surface area contributed by atoms with Crippen molar-refractivity contribution in [3.63, 3.8) is 0 Å². The number of aliphatic hydroxyl groups excluding tert-OH is 3. The lowest BCUT2D eigenvalue weighted by molar-refractivity contribution is -0.0511. The standard InChI is InChI=1S/C12H16N4O4S/c1-2-6-14-10-7(11(21)15-6)13-4-16(10)12-9(19)8(18)5(3-17)20-12/h4-5,8-9,12,17-19H,2-3H2,1H3,(H,14,15,21)/t5-,8-,9-,12-/m1/s1. The molecule has 0 amide bonds. The van der Waals surface area contributed by atoms with Crippen molar-refractivity contribution in [3.8, 4) is 0 Å². The van der Waals surface area contributed by atoms with Crippen molar-refractivity contribution in [1.29, 1.82) is 0 Å². The second kappa shape index (κ2) is 5.43. The molecule has 0 spiro atoms. The first-order valence-electron chi connectivity index (χ1n) is 6.65. The SMILES string of the molecule is CCc1nc(=S)c2ncn([C@@H]3O[C@H](CO)[C@@H](O)[C@H]3O)c2[nH]1. The number of imidazole rings is 1. The van der Waals surface area contributed by atoms with Gasteiger partial charge in [-0.3, -0.25) is 4.57 Å². The van der Waals surface area contributed by atoms with Crippen LogP contribution in [0.5, 0.6) is 0 Å². The van der Waals surface area contributed by atoms with Gasteiger partial charge < -0.3 is 25.0 Å². The zero-order chi connectivity index (χ0) is 15.1. The van der Waals surface area contributed by atoms with E-state index >= 15 is 0 Å². The number of fused-ring (bicyclic) bond motifs is 1. The van der Waals surface area contributed by atoms with Gasteiger partial charge in [0.25, 0.3) is 0 Å². The maximum Gasteiger partial charge on any atom is 0.165 e. The van der Waals surface area contributed by atoms with Crippen LogP contribution in [0.2, 0.25) is 0 Å². The van der Waals surface area contributed by atoms with Crippen LogP contribution in [0.1, 0.15) is 19.0 Å². The fourth-order valence-electron chi connectivity index (χ4n) is 2.45. The summed E-state index contributed by atoms with van der Waals surface area (Å²) in [5.74, 6) is 0.695.